The molecule has 5 aliphatic rings. The molecule has 0 aromatic heterocycles. The minimum atomic E-state index is -0.415. The van der Waals surface area contributed by atoms with Gasteiger partial charge in [0.15, 0.2) is 0 Å². The largest absolute Gasteiger partial charge is 0.390 e. The topological polar surface area (TPSA) is 20.2 Å². The van der Waals surface area contributed by atoms with Crippen molar-refractivity contribution in [2.24, 2.45) is 34.5 Å². The highest BCUT2D eigenvalue weighted by Gasteiger charge is 2.64. The first-order valence-electron chi connectivity index (χ1n) is 10.2. The summed E-state index contributed by atoms with van der Waals surface area (Å²) in [6.07, 6.45) is 12.4. The van der Waals surface area contributed by atoms with Crippen LogP contribution in [0.5, 0.6) is 0 Å². The van der Waals surface area contributed by atoms with Crippen LogP contribution in [0, 0.1) is 34.5 Å². The van der Waals surface area contributed by atoms with E-state index in [9.17, 15) is 5.11 Å². The van der Waals surface area contributed by atoms with E-state index in [2.05, 4.69) is 32.5 Å². The van der Waals surface area contributed by atoms with Crippen LogP contribution in [0.3, 0.4) is 0 Å². The van der Waals surface area contributed by atoms with Gasteiger partial charge in [-0.3, -0.25) is 0 Å². The molecule has 1 heterocycles. The molecule has 0 bridgehead atoms. The fourth-order valence-electron chi connectivity index (χ4n) is 7.92. The highest BCUT2D eigenvalue weighted by molar-refractivity contribution is 8.07. The highest BCUT2D eigenvalue weighted by Crippen LogP contribution is 2.71. The Balaban J connectivity index is 1.45. The SMILES string of the molecule is C[C@]12CC[C@]3(CS3)C[C@@H]1CC[C@@H]1[C@H]2CC[C@@]2(C)[C@H]1CC[C@]2(C)O. The molecule has 0 aromatic carbocycles. The van der Waals surface area contributed by atoms with Gasteiger partial charge in [-0.25, -0.2) is 0 Å². The summed E-state index contributed by atoms with van der Waals surface area (Å²) in [7, 11) is 0. The minimum absolute atomic E-state index is 0.194. The van der Waals surface area contributed by atoms with Crippen LogP contribution >= 0.6 is 11.8 Å². The van der Waals surface area contributed by atoms with E-state index < -0.39 is 5.60 Å². The maximum absolute atomic E-state index is 11.0. The maximum Gasteiger partial charge on any atom is 0.0675 e. The minimum Gasteiger partial charge on any atom is -0.390 e. The van der Waals surface area contributed by atoms with Crippen molar-refractivity contribution in [2.75, 3.05) is 5.75 Å². The lowest BCUT2D eigenvalue weighted by atomic mass is 9.44. The molecule has 4 aliphatic carbocycles. The molecule has 23 heavy (non-hydrogen) atoms. The number of rotatable bonds is 0. The van der Waals surface area contributed by atoms with Crippen molar-refractivity contribution < 1.29 is 5.11 Å². The predicted molar refractivity (Wildman–Crippen MR) is 97.5 cm³/mol. The van der Waals surface area contributed by atoms with Crippen molar-refractivity contribution in [3.63, 3.8) is 0 Å². The van der Waals surface area contributed by atoms with Crippen molar-refractivity contribution in [2.45, 2.75) is 88.9 Å². The van der Waals surface area contributed by atoms with Gasteiger partial charge in [0.2, 0.25) is 0 Å². The summed E-state index contributed by atoms with van der Waals surface area (Å²) in [6, 6.07) is 0. The van der Waals surface area contributed by atoms with Gasteiger partial charge in [-0.15, -0.1) is 0 Å². The van der Waals surface area contributed by atoms with E-state index in [0.29, 0.717) is 5.41 Å². The van der Waals surface area contributed by atoms with Crippen LogP contribution in [0.2, 0.25) is 0 Å². The van der Waals surface area contributed by atoms with E-state index in [1.165, 1.54) is 57.1 Å². The third-order valence-electron chi connectivity index (χ3n) is 9.92. The lowest BCUT2D eigenvalue weighted by molar-refractivity contribution is -0.146. The number of hydrogen-bond acceptors (Lipinski definition) is 2. The van der Waals surface area contributed by atoms with Gasteiger partial charge < -0.3 is 5.11 Å². The fourth-order valence-corrected chi connectivity index (χ4v) is 8.95. The van der Waals surface area contributed by atoms with Crippen LogP contribution in [-0.2, 0) is 0 Å². The van der Waals surface area contributed by atoms with Crippen molar-refractivity contribution in [1.82, 2.24) is 0 Å². The van der Waals surface area contributed by atoms with Gasteiger partial charge >= 0.3 is 0 Å². The van der Waals surface area contributed by atoms with E-state index in [4.69, 9.17) is 0 Å². The van der Waals surface area contributed by atoms with Gasteiger partial charge in [-0.1, -0.05) is 13.8 Å². The van der Waals surface area contributed by atoms with Gasteiger partial charge in [-0.2, -0.15) is 11.8 Å². The van der Waals surface area contributed by atoms with Crippen LogP contribution in [0.1, 0.15) is 78.6 Å². The molecule has 1 spiro atoms. The standard InChI is InChI=1S/C21H34OS/c1-18-10-11-21(13-23-21)12-14(18)4-5-15-16(18)6-8-19(2)17(15)7-9-20(19,3)22/h14-17,22H,4-13H2,1-3H3/t14-,15+,16+,17-,18-,19-,20-,21+/m0/s1. The number of hydrogen-bond donors (Lipinski definition) is 1. The Kier molecular flexibility index (Phi) is 3.06. The number of aliphatic hydroxyl groups is 1. The van der Waals surface area contributed by atoms with Gasteiger partial charge in [0, 0.05) is 10.5 Å². The smallest absolute Gasteiger partial charge is 0.0675 e. The summed E-state index contributed by atoms with van der Waals surface area (Å²) >= 11 is 2.26. The zero-order chi connectivity index (χ0) is 16.1. The fraction of sp³-hybridized carbons (Fsp3) is 1.00. The molecule has 8 atom stereocenters. The normalized spacial score (nSPS) is 64.2. The van der Waals surface area contributed by atoms with Gasteiger partial charge in [-0.05, 0) is 99.2 Å². The average molecular weight is 335 g/mol. The predicted octanol–water partition coefficient (Wildman–Crippen LogP) is 5.27. The van der Waals surface area contributed by atoms with Crippen LogP contribution in [-0.4, -0.2) is 21.2 Å². The van der Waals surface area contributed by atoms with E-state index in [0.717, 1.165) is 34.8 Å². The summed E-state index contributed by atoms with van der Waals surface area (Å²) in [5.41, 5.74) is 0.397. The maximum atomic E-state index is 11.0. The molecule has 4 saturated carbocycles. The Labute approximate surface area is 146 Å². The first kappa shape index (κ1) is 15.6. The van der Waals surface area contributed by atoms with Crippen molar-refractivity contribution in [3.05, 3.63) is 0 Å². The van der Waals surface area contributed by atoms with Crippen LogP contribution < -0.4 is 0 Å². The molecular formula is C21H34OS. The average Bonchev–Trinajstić information content (AvgIpc) is 3.21. The summed E-state index contributed by atoms with van der Waals surface area (Å²) in [6.45, 7) is 7.23. The lowest BCUT2D eigenvalue weighted by Gasteiger charge is -2.61. The van der Waals surface area contributed by atoms with E-state index in [1.807, 2.05) is 0 Å². The Morgan fingerprint density at radius 1 is 0.870 bits per heavy atom. The summed E-state index contributed by atoms with van der Waals surface area (Å²) in [5, 5.41) is 11.0. The zero-order valence-corrected chi connectivity index (χ0v) is 16.1. The molecule has 1 aliphatic heterocycles. The molecule has 0 unspecified atom stereocenters. The van der Waals surface area contributed by atoms with Gasteiger partial charge in [0.1, 0.15) is 0 Å². The molecule has 5 rings (SSSR count). The molecule has 1 N–H and O–H groups in total. The summed E-state index contributed by atoms with van der Waals surface area (Å²) in [4.78, 5) is 0. The second kappa shape index (κ2) is 4.53. The molecule has 0 radical (unpaired) electrons. The van der Waals surface area contributed by atoms with Gasteiger partial charge in [0.05, 0.1) is 5.60 Å². The van der Waals surface area contributed by atoms with Crippen LogP contribution in [0.4, 0.5) is 0 Å². The van der Waals surface area contributed by atoms with Crippen molar-refractivity contribution in [1.29, 1.82) is 0 Å². The van der Waals surface area contributed by atoms with Gasteiger partial charge in [0.25, 0.3) is 0 Å². The van der Waals surface area contributed by atoms with Crippen molar-refractivity contribution in [3.8, 4) is 0 Å². The molecule has 1 saturated heterocycles. The quantitative estimate of drug-likeness (QED) is 0.609. The molecule has 130 valence electrons. The summed E-state index contributed by atoms with van der Waals surface area (Å²) < 4.78 is 0.733. The highest BCUT2D eigenvalue weighted by atomic mass is 32.2. The number of thioether (sulfide) groups is 1. The second-order valence-corrected chi connectivity index (χ2v) is 12.0. The summed E-state index contributed by atoms with van der Waals surface area (Å²) in [5.74, 6) is 5.11. The Morgan fingerprint density at radius 3 is 2.35 bits per heavy atom. The first-order chi connectivity index (χ1) is 10.8. The van der Waals surface area contributed by atoms with E-state index >= 15 is 0 Å². The molecular weight excluding hydrogens is 300 g/mol. The Hall–Kier alpha value is 0.310. The third-order valence-corrected chi connectivity index (χ3v) is 11.4. The Morgan fingerprint density at radius 2 is 1.61 bits per heavy atom. The lowest BCUT2D eigenvalue weighted by Crippen LogP contribution is -2.56. The molecule has 5 fully saturated rings. The molecule has 0 aromatic rings. The second-order valence-electron chi connectivity index (χ2n) is 10.6. The van der Waals surface area contributed by atoms with E-state index in [-0.39, 0.29) is 5.41 Å². The molecule has 1 nitrogen and oxygen atoms in total. The zero-order valence-electron chi connectivity index (χ0n) is 15.2. The Bertz CT molecular complexity index is 524. The first-order valence-corrected chi connectivity index (χ1v) is 11.1. The molecule has 0 amide bonds. The van der Waals surface area contributed by atoms with E-state index in [1.54, 1.807) is 0 Å². The van der Waals surface area contributed by atoms with Crippen molar-refractivity contribution >= 4 is 11.8 Å². The van der Waals surface area contributed by atoms with Crippen LogP contribution in [0.15, 0.2) is 0 Å². The molecule has 2 heteroatoms. The van der Waals surface area contributed by atoms with Crippen LogP contribution in [0.25, 0.3) is 0 Å². The third kappa shape index (κ3) is 1.92. The number of fused-ring (bicyclic) bond motifs is 5. The monoisotopic (exact) mass is 334 g/mol.